The summed E-state index contributed by atoms with van der Waals surface area (Å²) in [5.41, 5.74) is 1.22. The highest BCUT2D eigenvalue weighted by Crippen LogP contribution is 2.29. The maximum Gasteiger partial charge on any atom is 0.306 e. The number of ether oxygens (including phenoxy) is 1. The van der Waals surface area contributed by atoms with Crippen molar-refractivity contribution in [2.45, 2.75) is 39.0 Å². The van der Waals surface area contributed by atoms with Crippen molar-refractivity contribution in [2.75, 3.05) is 13.7 Å². The lowest BCUT2D eigenvalue weighted by atomic mass is 9.81. The van der Waals surface area contributed by atoms with Crippen molar-refractivity contribution in [2.24, 2.45) is 17.8 Å². The molecule has 1 unspecified atom stereocenters. The van der Waals surface area contributed by atoms with Crippen molar-refractivity contribution in [3.05, 3.63) is 29.8 Å². The third kappa shape index (κ3) is 5.25. The second-order valence-corrected chi connectivity index (χ2v) is 6.79. The highest BCUT2D eigenvalue weighted by molar-refractivity contribution is 5.79. The van der Waals surface area contributed by atoms with Crippen LogP contribution in [0.2, 0.25) is 0 Å². The van der Waals surface area contributed by atoms with Crippen LogP contribution in [0, 0.1) is 17.8 Å². The Labute approximate surface area is 143 Å². The average molecular weight is 333 g/mol. The first kappa shape index (κ1) is 18.3. The van der Waals surface area contributed by atoms with Gasteiger partial charge in [-0.25, -0.2) is 0 Å². The van der Waals surface area contributed by atoms with Crippen LogP contribution in [-0.2, 0) is 16.0 Å². The van der Waals surface area contributed by atoms with Gasteiger partial charge in [-0.1, -0.05) is 19.1 Å². The molecule has 1 atom stereocenters. The molecule has 5 heteroatoms. The Morgan fingerprint density at radius 2 is 1.75 bits per heavy atom. The number of carbonyl (C=O) groups is 2. The Hall–Kier alpha value is -2.04. The molecular formula is C19H27NO4. The van der Waals surface area contributed by atoms with Crippen LogP contribution in [-0.4, -0.2) is 30.6 Å². The Kier molecular flexibility index (Phi) is 6.64. The number of carboxylic acids is 1. The van der Waals surface area contributed by atoms with Crippen LogP contribution in [0.1, 0.15) is 38.2 Å². The summed E-state index contributed by atoms with van der Waals surface area (Å²) >= 11 is 0. The smallest absolute Gasteiger partial charge is 0.306 e. The molecule has 2 N–H and O–H groups in total. The van der Waals surface area contributed by atoms with Gasteiger partial charge in [0.2, 0.25) is 5.91 Å². The fraction of sp³-hybridized carbons (Fsp3) is 0.579. The molecule has 0 spiro atoms. The maximum absolute atomic E-state index is 12.2. The minimum atomic E-state index is -0.734. The normalized spacial score (nSPS) is 21.8. The van der Waals surface area contributed by atoms with Crippen LogP contribution in [0.5, 0.6) is 5.75 Å². The Morgan fingerprint density at radius 3 is 2.29 bits per heavy atom. The van der Waals surface area contributed by atoms with Gasteiger partial charge in [0.1, 0.15) is 5.75 Å². The Bertz CT molecular complexity index is 547. The van der Waals surface area contributed by atoms with Crippen molar-refractivity contribution in [1.82, 2.24) is 5.32 Å². The molecule has 1 aliphatic carbocycles. The number of carbonyl (C=O) groups excluding carboxylic acids is 1. The summed E-state index contributed by atoms with van der Waals surface area (Å²) in [6, 6.07) is 7.98. The van der Waals surface area contributed by atoms with E-state index in [1.165, 1.54) is 5.56 Å². The largest absolute Gasteiger partial charge is 0.497 e. The van der Waals surface area contributed by atoms with Gasteiger partial charge in [-0.05, 0) is 55.7 Å². The zero-order chi connectivity index (χ0) is 17.5. The average Bonchev–Trinajstić information content (AvgIpc) is 2.60. The van der Waals surface area contributed by atoms with E-state index in [-0.39, 0.29) is 17.7 Å². The molecule has 1 aromatic carbocycles. The molecule has 1 saturated carbocycles. The Morgan fingerprint density at radius 1 is 1.17 bits per heavy atom. The number of aliphatic carboxylic acids is 1. The van der Waals surface area contributed by atoms with Crippen LogP contribution in [0.15, 0.2) is 24.3 Å². The van der Waals surface area contributed by atoms with Gasteiger partial charge < -0.3 is 15.2 Å². The number of carboxylic acid groups (broad SMARTS) is 1. The summed E-state index contributed by atoms with van der Waals surface area (Å²) in [4.78, 5) is 23.2. The topological polar surface area (TPSA) is 75.6 Å². The number of hydrogen-bond donors (Lipinski definition) is 2. The third-order valence-corrected chi connectivity index (χ3v) is 4.82. The standard InChI is InChI=1S/C19H27NO4/c1-13(11-14-3-9-17(24-2)10-4-14)12-20-18(21)15-5-7-16(8-6-15)19(22)23/h3-4,9-10,13,15-16H,5-8,11-12H2,1-2H3,(H,20,21)(H,22,23). The first-order valence-electron chi connectivity index (χ1n) is 8.63. The van der Waals surface area contributed by atoms with Gasteiger partial charge in [-0.2, -0.15) is 0 Å². The van der Waals surface area contributed by atoms with Crippen molar-refractivity contribution in [3.63, 3.8) is 0 Å². The van der Waals surface area contributed by atoms with Crippen LogP contribution >= 0.6 is 0 Å². The summed E-state index contributed by atoms with van der Waals surface area (Å²) in [5, 5.41) is 12.0. The Balaban J connectivity index is 1.72. The fourth-order valence-corrected chi connectivity index (χ4v) is 3.26. The lowest BCUT2D eigenvalue weighted by Crippen LogP contribution is -2.36. The molecule has 1 aliphatic rings. The van der Waals surface area contributed by atoms with Crippen molar-refractivity contribution >= 4 is 11.9 Å². The highest BCUT2D eigenvalue weighted by Gasteiger charge is 2.29. The maximum atomic E-state index is 12.2. The van der Waals surface area contributed by atoms with Gasteiger partial charge in [0.15, 0.2) is 0 Å². The lowest BCUT2D eigenvalue weighted by Gasteiger charge is -2.25. The van der Waals surface area contributed by atoms with E-state index in [0.29, 0.717) is 38.1 Å². The number of amides is 1. The molecular weight excluding hydrogens is 306 g/mol. The SMILES string of the molecule is COc1ccc(CC(C)CNC(=O)C2CCC(C(=O)O)CC2)cc1. The van der Waals surface area contributed by atoms with Crippen LogP contribution in [0.3, 0.4) is 0 Å². The van der Waals surface area contributed by atoms with Crippen LogP contribution in [0.25, 0.3) is 0 Å². The third-order valence-electron chi connectivity index (χ3n) is 4.82. The van der Waals surface area contributed by atoms with Gasteiger partial charge in [0, 0.05) is 12.5 Å². The van der Waals surface area contributed by atoms with E-state index in [0.717, 1.165) is 12.2 Å². The van der Waals surface area contributed by atoms with Crippen LogP contribution < -0.4 is 10.1 Å². The summed E-state index contributed by atoms with van der Waals surface area (Å²) in [5.74, 6) is 0.216. The second-order valence-electron chi connectivity index (χ2n) is 6.79. The zero-order valence-electron chi connectivity index (χ0n) is 14.5. The molecule has 1 amide bonds. The van der Waals surface area contributed by atoms with E-state index in [1.54, 1.807) is 7.11 Å². The van der Waals surface area contributed by atoms with E-state index in [2.05, 4.69) is 12.2 Å². The lowest BCUT2D eigenvalue weighted by molar-refractivity contribution is -0.144. The molecule has 1 fully saturated rings. The van der Waals surface area contributed by atoms with Crippen molar-refractivity contribution in [1.29, 1.82) is 0 Å². The minimum absolute atomic E-state index is 0.0335. The van der Waals surface area contributed by atoms with Gasteiger partial charge in [-0.3, -0.25) is 9.59 Å². The number of methoxy groups -OCH3 is 1. The van der Waals surface area contributed by atoms with Gasteiger partial charge >= 0.3 is 5.97 Å². The highest BCUT2D eigenvalue weighted by atomic mass is 16.5. The summed E-state index contributed by atoms with van der Waals surface area (Å²) < 4.78 is 5.15. The fourth-order valence-electron chi connectivity index (χ4n) is 3.26. The molecule has 0 bridgehead atoms. The van der Waals surface area contributed by atoms with E-state index >= 15 is 0 Å². The summed E-state index contributed by atoms with van der Waals surface area (Å²) in [6.07, 6.45) is 3.46. The molecule has 24 heavy (non-hydrogen) atoms. The quantitative estimate of drug-likeness (QED) is 0.804. The monoisotopic (exact) mass is 333 g/mol. The first-order chi connectivity index (χ1) is 11.5. The second kappa shape index (κ2) is 8.71. The minimum Gasteiger partial charge on any atom is -0.497 e. The number of rotatable bonds is 7. The molecule has 0 heterocycles. The van der Waals surface area contributed by atoms with Crippen molar-refractivity contribution in [3.8, 4) is 5.75 Å². The molecule has 0 aromatic heterocycles. The van der Waals surface area contributed by atoms with E-state index in [9.17, 15) is 9.59 Å². The van der Waals surface area contributed by atoms with E-state index in [1.807, 2.05) is 24.3 Å². The van der Waals surface area contributed by atoms with E-state index in [4.69, 9.17) is 9.84 Å². The number of benzene rings is 1. The molecule has 5 nitrogen and oxygen atoms in total. The molecule has 0 aliphatic heterocycles. The van der Waals surface area contributed by atoms with E-state index < -0.39 is 5.97 Å². The van der Waals surface area contributed by atoms with Gasteiger partial charge in [0.05, 0.1) is 13.0 Å². The predicted octanol–water partition coefficient (Wildman–Crippen LogP) is 2.88. The van der Waals surface area contributed by atoms with Gasteiger partial charge in [-0.15, -0.1) is 0 Å². The molecule has 2 rings (SSSR count). The van der Waals surface area contributed by atoms with Crippen molar-refractivity contribution < 1.29 is 19.4 Å². The molecule has 0 saturated heterocycles. The van der Waals surface area contributed by atoms with Crippen LogP contribution in [0.4, 0.5) is 0 Å². The number of nitrogens with one attached hydrogen (secondary N) is 1. The molecule has 132 valence electrons. The first-order valence-corrected chi connectivity index (χ1v) is 8.63. The summed E-state index contributed by atoms with van der Waals surface area (Å²) in [7, 11) is 1.65. The molecule has 0 radical (unpaired) electrons. The van der Waals surface area contributed by atoms with Gasteiger partial charge in [0.25, 0.3) is 0 Å². The zero-order valence-corrected chi connectivity index (χ0v) is 14.5. The molecule has 1 aromatic rings. The number of hydrogen-bond acceptors (Lipinski definition) is 3. The predicted molar refractivity (Wildman–Crippen MR) is 92.0 cm³/mol. The summed E-state index contributed by atoms with van der Waals surface area (Å²) in [6.45, 7) is 2.76.